The Bertz CT molecular complexity index is 2860. The molecule has 0 radical (unpaired) electrons. The van der Waals surface area contributed by atoms with Crippen molar-refractivity contribution in [3.8, 4) is 0 Å². The standard InChI is InChI=1S/C28H34F6N4O4.C28H32F6N4O4/c2*1-6-21-12-22(16-38(21)25(40)42-26(2,3)4)37(24-35-13-17(14-36-24)7-8-23(39)41-5)15-18-9-19(27(29,30)31)11-20(10-18)28(32,33)34/h9-11,13-14,21-22H,6-8,12,15-16H2,1-5H3;7-11,13-14,21-22H,6,12,15-16H2,1-5H3/b;8-7+/t2*21-,22?/m11/s1. The van der Waals surface area contributed by atoms with Gasteiger partial charge in [0, 0.05) is 81.1 Å². The largest absolute Gasteiger partial charge is 0.469 e. The minimum absolute atomic E-state index is 0.0158. The number of rotatable bonds is 15. The zero-order chi connectivity index (χ0) is 62.9. The molecule has 4 atom stereocenters. The van der Waals surface area contributed by atoms with Crippen LogP contribution in [0.1, 0.15) is 132 Å². The van der Waals surface area contributed by atoms with Crippen molar-refractivity contribution in [1.82, 2.24) is 29.7 Å². The number of hydrogen-bond acceptors (Lipinski definition) is 14. The summed E-state index contributed by atoms with van der Waals surface area (Å²) in [6.07, 6.45) is -11.0. The number of ether oxygens (including phenoxy) is 4. The van der Waals surface area contributed by atoms with Crippen molar-refractivity contribution in [3.05, 3.63) is 112 Å². The van der Waals surface area contributed by atoms with E-state index < -0.39 is 107 Å². The number of amides is 2. The summed E-state index contributed by atoms with van der Waals surface area (Å²) in [5.41, 5.74) is -6.84. The van der Waals surface area contributed by atoms with E-state index in [9.17, 15) is 71.9 Å². The third-order valence-corrected chi connectivity index (χ3v) is 13.2. The van der Waals surface area contributed by atoms with E-state index in [1.165, 1.54) is 64.7 Å². The molecule has 2 saturated heterocycles. The molecule has 6 rings (SSSR count). The minimum atomic E-state index is -5.01. The van der Waals surface area contributed by atoms with Gasteiger partial charge in [-0.1, -0.05) is 13.8 Å². The number of nitrogens with zero attached hydrogens (tertiary/aromatic N) is 8. The molecule has 2 aliphatic heterocycles. The number of esters is 2. The number of hydrogen-bond donors (Lipinski definition) is 0. The molecule has 0 saturated carbocycles. The van der Waals surface area contributed by atoms with Gasteiger partial charge in [0.1, 0.15) is 11.2 Å². The van der Waals surface area contributed by atoms with Crippen LogP contribution in [0.15, 0.2) is 67.3 Å². The van der Waals surface area contributed by atoms with Gasteiger partial charge < -0.3 is 38.5 Å². The molecule has 4 heterocycles. The number of anilines is 2. The Kier molecular flexibility index (Phi) is 21.7. The Morgan fingerprint density at radius 3 is 1.21 bits per heavy atom. The quantitative estimate of drug-likeness (QED) is 0.0477. The van der Waals surface area contributed by atoms with Gasteiger partial charge in [0.05, 0.1) is 48.6 Å². The van der Waals surface area contributed by atoms with E-state index in [1.54, 1.807) is 41.5 Å². The van der Waals surface area contributed by atoms with E-state index in [4.69, 9.17) is 9.47 Å². The summed E-state index contributed by atoms with van der Waals surface area (Å²) in [7, 11) is 2.46. The van der Waals surface area contributed by atoms with E-state index >= 15 is 0 Å². The fourth-order valence-electron chi connectivity index (χ4n) is 9.21. The van der Waals surface area contributed by atoms with E-state index in [2.05, 4.69) is 29.4 Å². The fourth-order valence-corrected chi connectivity index (χ4v) is 9.21. The second-order valence-corrected chi connectivity index (χ2v) is 21.9. The summed E-state index contributed by atoms with van der Waals surface area (Å²) < 4.78 is 183. The van der Waals surface area contributed by atoms with Gasteiger partial charge in [-0.3, -0.25) is 4.79 Å². The Balaban J connectivity index is 0.000000307. The summed E-state index contributed by atoms with van der Waals surface area (Å²) in [6, 6.07) is 1.10. The highest BCUT2D eigenvalue weighted by Gasteiger charge is 2.44. The number of carbonyl (C=O) groups is 4. The predicted octanol–water partition coefficient (Wildman–Crippen LogP) is 12.9. The van der Waals surface area contributed by atoms with Crippen LogP contribution in [0.25, 0.3) is 6.08 Å². The van der Waals surface area contributed by atoms with Crippen molar-refractivity contribution in [1.29, 1.82) is 0 Å². The maximum Gasteiger partial charge on any atom is 0.416 e. The number of aromatic nitrogens is 4. The van der Waals surface area contributed by atoms with Crippen molar-refractivity contribution >= 4 is 42.1 Å². The van der Waals surface area contributed by atoms with Crippen molar-refractivity contribution < 1.29 is 90.8 Å². The second kappa shape index (κ2) is 27.1. The number of benzene rings is 2. The average molecular weight is 1210 g/mol. The van der Waals surface area contributed by atoms with Gasteiger partial charge in [0.25, 0.3) is 0 Å². The zero-order valence-electron chi connectivity index (χ0n) is 47.7. The molecule has 2 fully saturated rings. The van der Waals surface area contributed by atoms with Crippen molar-refractivity contribution in [2.75, 3.05) is 37.1 Å². The first-order valence-electron chi connectivity index (χ1n) is 26.4. The normalized spacial score (nSPS) is 17.8. The molecule has 2 amide bonds. The molecule has 0 bridgehead atoms. The van der Waals surface area contributed by atoms with Crippen LogP contribution >= 0.6 is 0 Å². The second-order valence-electron chi connectivity index (χ2n) is 21.9. The number of halogens is 12. The van der Waals surface area contributed by atoms with Gasteiger partial charge in [-0.25, -0.2) is 34.3 Å². The van der Waals surface area contributed by atoms with Crippen LogP contribution in [0, 0.1) is 0 Å². The van der Waals surface area contributed by atoms with Crippen LogP contribution in [0.3, 0.4) is 0 Å². The van der Waals surface area contributed by atoms with Crippen LogP contribution in [-0.2, 0) is 72.8 Å². The predicted molar refractivity (Wildman–Crippen MR) is 282 cm³/mol. The zero-order valence-corrected chi connectivity index (χ0v) is 47.7. The lowest BCUT2D eigenvalue weighted by molar-refractivity contribution is -0.144. The molecule has 2 aromatic carbocycles. The molecule has 16 nitrogen and oxygen atoms in total. The molecule has 0 aliphatic carbocycles. The number of likely N-dealkylation sites (tertiary alicyclic amines) is 2. The highest BCUT2D eigenvalue weighted by atomic mass is 19.4. The molecular weight excluding hydrogens is 1140 g/mol. The lowest BCUT2D eigenvalue weighted by atomic mass is 10.0. The van der Waals surface area contributed by atoms with Crippen LogP contribution < -0.4 is 9.80 Å². The molecule has 2 unspecified atom stereocenters. The maximum absolute atomic E-state index is 13.6. The maximum atomic E-state index is 13.6. The van der Waals surface area contributed by atoms with Gasteiger partial charge in [-0.05, 0) is 133 Å². The summed E-state index contributed by atoms with van der Waals surface area (Å²) in [5.74, 6) is -0.996. The van der Waals surface area contributed by atoms with Crippen molar-refractivity contribution in [2.45, 2.75) is 167 Å². The van der Waals surface area contributed by atoms with Crippen LogP contribution in [0.5, 0.6) is 0 Å². The Morgan fingerprint density at radius 2 is 0.905 bits per heavy atom. The van der Waals surface area contributed by atoms with Crippen molar-refractivity contribution in [3.63, 3.8) is 0 Å². The Hall–Kier alpha value is -7.42. The first-order chi connectivity index (χ1) is 38.8. The lowest BCUT2D eigenvalue weighted by Gasteiger charge is -2.30. The highest BCUT2D eigenvalue weighted by molar-refractivity contribution is 5.86. The minimum Gasteiger partial charge on any atom is -0.469 e. The Morgan fingerprint density at radius 1 is 0.548 bits per heavy atom. The average Bonchev–Trinajstić information content (AvgIpc) is 3.34. The monoisotopic (exact) mass is 1210 g/mol. The number of carbonyl (C=O) groups excluding carboxylic acids is 4. The topological polar surface area (TPSA) is 170 Å². The lowest BCUT2D eigenvalue weighted by Crippen LogP contribution is -2.42. The van der Waals surface area contributed by atoms with Gasteiger partial charge in [-0.2, -0.15) is 52.7 Å². The van der Waals surface area contributed by atoms with Crippen LogP contribution in [-0.4, -0.2) is 117 Å². The van der Waals surface area contributed by atoms with E-state index in [0.29, 0.717) is 61.1 Å². The SMILES string of the molecule is CC[C@@H]1CC(N(Cc2cc(C(F)(F)F)cc(C(F)(F)F)c2)c2ncc(/C=C/C(=O)OC)cn2)CN1C(=O)OC(C)(C)C.CC[C@@H]1CC(N(Cc2cc(C(F)(F)F)cc(C(F)(F)F)c2)c2ncc(CCC(=O)OC)cn2)CN1C(=O)OC(C)(C)C. The summed E-state index contributed by atoms with van der Waals surface area (Å²) in [4.78, 5) is 72.0. The summed E-state index contributed by atoms with van der Waals surface area (Å²) >= 11 is 0. The highest BCUT2D eigenvalue weighted by Crippen LogP contribution is 2.40. The van der Waals surface area contributed by atoms with Gasteiger partial charge in [0.2, 0.25) is 11.9 Å². The van der Waals surface area contributed by atoms with Crippen LogP contribution in [0.2, 0.25) is 0 Å². The van der Waals surface area contributed by atoms with E-state index in [1.807, 2.05) is 13.8 Å². The molecular formula is C56H66F12N8O8. The van der Waals surface area contributed by atoms with Gasteiger partial charge in [0.15, 0.2) is 0 Å². The molecule has 462 valence electrons. The Labute approximate surface area is 477 Å². The van der Waals surface area contributed by atoms with Crippen molar-refractivity contribution in [2.24, 2.45) is 0 Å². The third-order valence-electron chi connectivity index (χ3n) is 13.2. The smallest absolute Gasteiger partial charge is 0.416 e. The molecule has 4 aromatic rings. The number of alkyl halides is 12. The molecule has 28 heteroatoms. The van der Waals surface area contributed by atoms with Crippen LogP contribution in [0.4, 0.5) is 74.2 Å². The first kappa shape index (κ1) is 67.4. The number of methoxy groups -OCH3 is 2. The van der Waals surface area contributed by atoms with Gasteiger partial charge in [-0.15, -0.1) is 0 Å². The number of aryl methyl sites for hydroxylation is 1. The molecule has 0 spiro atoms. The fraction of sp³-hybridized carbons (Fsp3) is 0.536. The van der Waals surface area contributed by atoms with E-state index in [-0.39, 0.29) is 73.2 Å². The summed E-state index contributed by atoms with van der Waals surface area (Å²) in [5, 5.41) is 0. The van der Waals surface area contributed by atoms with E-state index in [0.717, 1.165) is 6.08 Å². The molecule has 84 heavy (non-hydrogen) atoms. The first-order valence-corrected chi connectivity index (χ1v) is 26.4. The van der Waals surface area contributed by atoms with Gasteiger partial charge >= 0.3 is 48.8 Å². The molecule has 0 N–H and O–H groups in total. The summed E-state index contributed by atoms with van der Waals surface area (Å²) in [6.45, 7) is 13.4. The molecule has 2 aromatic heterocycles. The molecule has 2 aliphatic rings. The third kappa shape index (κ3) is 19.3.